The largest absolute Gasteiger partial charge is 0.416 e. The third-order valence-electron chi connectivity index (χ3n) is 3.55. The van der Waals surface area contributed by atoms with E-state index < -0.39 is 28.7 Å². The molecule has 0 saturated carbocycles. The molecule has 1 aromatic carbocycles. The van der Waals surface area contributed by atoms with Crippen LogP contribution in [0, 0.1) is 5.82 Å². The molecule has 114 valence electrons. The minimum absolute atomic E-state index is 0.0256. The third-order valence-corrected chi connectivity index (χ3v) is 3.55. The molecule has 0 radical (unpaired) electrons. The molecule has 0 aliphatic heterocycles. The van der Waals surface area contributed by atoms with E-state index in [4.69, 9.17) is 0 Å². The standard InChI is InChI=1S/C14H19F4NO/c1-12(2,13(3,4)20)19-8-9-5-10(14(16,17)18)7-11(15)6-9/h5-7,19-20H,8H2,1-4H3. The molecule has 1 aromatic rings. The molecule has 0 fully saturated rings. The predicted molar refractivity (Wildman–Crippen MR) is 68.6 cm³/mol. The van der Waals surface area contributed by atoms with Gasteiger partial charge in [-0.2, -0.15) is 13.2 Å². The van der Waals surface area contributed by atoms with E-state index in [1.54, 1.807) is 27.7 Å². The average molecular weight is 293 g/mol. The minimum atomic E-state index is -4.58. The van der Waals surface area contributed by atoms with Gasteiger partial charge in [-0.1, -0.05) is 0 Å². The number of halogens is 4. The molecular formula is C14H19F4NO. The number of hydrogen-bond donors (Lipinski definition) is 2. The molecule has 0 amide bonds. The molecule has 0 aromatic heterocycles. The fourth-order valence-electron chi connectivity index (χ4n) is 1.46. The van der Waals surface area contributed by atoms with Crippen LogP contribution in [0.4, 0.5) is 17.6 Å². The first-order valence-corrected chi connectivity index (χ1v) is 6.17. The molecule has 0 unspecified atom stereocenters. The summed E-state index contributed by atoms with van der Waals surface area (Å²) < 4.78 is 51.0. The van der Waals surface area contributed by atoms with E-state index in [0.717, 1.165) is 12.1 Å². The van der Waals surface area contributed by atoms with Crippen molar-refractivity contribution in [3.8, 4) is 0 Å². The van der Waals surface area contributed by atoms with Gasteiger partial charge in [0.15, 0.2) is 0 Å². The van der Waals surface area contributed by atoms with Crippen LogP contribution >= 0.6 is 0 Å². The Morgan fingerprint density at radius 2 is 1.60 bits per heavy atom. The molecule has 0 spiro atoms. The molecule has 6 heteroatoms. The zero-order chi connectivity index (χ0) is 15.8. The summed E-state index contributed by atoms with van der Waals surface area (Å²) in [7, 11) is 0. The van der Waals surface area contributed by atoms with Crippen LogP contribution in [-0.2, 0) is 12.7 Å². The monoisotopic (exact) mass is 293 g/mol. The summed E-state index contributed by atoms with van der Waals surface area (Å²) in [6.07, 6.45) is -4.58. The van der Waals surface area contributed by atoms with Crippen LogP contribution in [0.1, 0.15) is 38.8 Å². The maximum atomic E-state index is 13.2. The molecule has 2 nitrogen and oxygen atoms in total. The molecule has 0 heterocycles. The van der Waals surface area contributed by atoms with Crippen molar-refractivity contribution in [3.63, 3.8) is 0 Å². The number of alkyl halides is 3. The lowest BCUT2D eigenvalue weighted by molar-refractivity contribution is -0.137. The van der Waals surface area contributed by atoms with Crippen molar-refractivity contribution in [2.45, 2.75) is 51.6 Å². The summed E-state index contributed by atoms with van der Waals surface area (Å²) >= 11 is 0. The van der Waals surface area contributed by atoms with Gasteiger partial charge in [0.1, 0.15) is 5.82 Å². The first kappa shape index (κ1) is 16.9. The summed E-state index contributed by atoms with van der Waals surface area (Å²) in [4.78, 5) is 0. The fraction of sp³-hybridized carbons (Fsp3) is 0.571. The Morgan fingerprint density at radius 3 is 2.05 bits per heavy atom. The Bertz CT molecular complexity index is 475. The number of aliphatic hydroxyl groups is 1. The molecule has 0 aliphatic carbocycles. The maximum absolute atomic E-state index is 13.2. The van der Waals surface area contributed by atoms with Crippen LogP contribution in [0.2, 0.25) is 0 Å². The van der Waals surface area contributed by atoms with Gasteiger partial charge in [-0.3, -0.25) is 0 Å². The Morgan fingerprint density at radius 1 is 1.05 bits per heavy atom. The zero-order valence-corrected chi connectivity index (χ0v) is 11.9. The highest BCUT2D eigenvalue weighted by molar-refractivity contribution is 5.27. The maximum Gasteiger partial charge on any atom is 0.416 e. The summed E-state index contributed by atoms with van der Waals surface area (Å²) in [5, 5.41) is 12.9. The molecule has 0 atom stereocenters. The van der Waals surface area contributed by atoms with Crippen LogP contribution in [0.25, 0.3) is 0 Å². The highest BCUT2D eigenvalue weighted by Gasteiger charge is 2.35. The quantitative estimate of drug-likeness (QED) is 0.833. The molecule has 20 heavy (non-hydrogen) atoms. The first-order valence-electron chi connectivity index (χ1n) is 6.17. The Kier molecular flexibility index (Phi) is 4.51. The molecule has 0 bridgehead atoms. The van der Waals surface area contributed by atoms with Gasteiger partial charge in [-0.05, 0) is 51.5 Å². The van der Waals surface area contributed by atoms with Crippen molar-refractivity contribution < 1.29 is 22.7 Å². The van der Waals surface area contributed by atoms with E-state index in [2.05, 4.69) is 5.32 Å². The SMILES string of the molecule is CC(C)(O)C(C)(C)NCc1cc(F)cc(C(F)(F)F)c1. The lowest BCUT2D eigenvalue weighted by Crippen LogP contribution is -2.55. The highest BCUT2D eigenvalue weighted by Crippen LogP contribution is 2.30. The molecule has 1 rings (SSSR count). The molecule has 0 saturated heterocycles. The van der Waals surface area contributed by atoms with E-state index in [1.807, 2.05) is 0 Å². The molecule has 0 aliphatic rings. The van der Waals surface area contributed by atoms with Crippen molar-refractivity contribution in [1.82, 2.24) is 5.32 Å². The normalized spacial score (nSPS) is 13.7. The number of nitrogens with one attached hydrogen (secondary N) is 1. The van der Waals surface area contributed by atoms with Crippen molar-refractivity contribution in [2.75, 3.05) is 0 Å². The van der Waals surface area contributed by atoms with Crippen LogP contribution in [-0.4, -0.2) is 16.2 Å². The summed E-state index contributed by atoms with van der Waals surface area (Å²) in [5.41, 5.74) is -2.66. The van der Waals surface area contributed by atoms with Gasteiger partial charge >= 0.3 is 6.18 Å². The predicted octanol–water partition coefficient (Wildman–Crippen LogP) is 3.48. The van der Waals surface area contributed by atoms with Crippen LogP contribution in [0.15, 0.2) is 18.2 Å². The Balaban J connectivity index is 2.92. The van der Waals surface area contributed by atoms with E-state index >= 15 is 0 Å². The van der Waals surface area contributed by atoms with Crippen LogP contribution in [0.5, 0.6) is 0 Å². The van der Waals surface area contributed by atoms with E-state index in [9.17, 15) is 22.7 Å². The second-order valence-corrected chi connectivity index (χ2v) is 5.88. The van der Waals surface area contributed by atoms with Crippen LogP contribution in [0.3, 0.4) is 0 Å². The smallest absolute Gasteiger partial charge is 0.389 e. The number of hydrogen-bond acceptors (Lipinski definition) is 2. The summed E-state index contributed by atoms with van der Waals surface area (Å²) in [5.74, 6) is -0.933. The number of benzene rings is 1. The van der Waals surface area contributed by atoms with E-state index in [1.165, 1.54) is 0 Å². The van der Waals surface area contributed by atoms with Crippen LogP contribution < -0.4 is 5.32 Å². The van der Waals surface area contributed by atoms with E-state index in [0.29, 0.717) is 6.07 Å². The van der Waals surface area contributed by atoms with Gasteiger partial charge in [0.05, 0.1) is 11.2 Å². The third kappa shape index (κ3) is 4.18. The Labute approximate surface area is 115 Å². The van der Waals surface area contributed by atoms with Gasteiger partial charge in [0.25, 0.3) is 0 Å². The second-order valence-electron chi connectivity index (χ2n) is 5.88. The van der Waals surface area contributed by atoms with Gasteiger partial charge in [0.2, 0.25) is 0 Å². The van der Waals surface area contributed by atoms with E-state index in [-0.39, 0.29) is 12.1 Å². The van der Waals surface area contributed by atoms with Gasteiger partial charge in [0, 0.05) is 12.1 Å². The molecular weight excluding hydrogens is 274 g/mol. The first-order chi connectivity index (χ1) is 8.83. The molecule has 2 N–H and O–H groups in total. The lowest BCUT2D eigenvalue weighted by Gasteiger charge is -2.38. The summed E-state index contributed by atoms with van der Waals surface area (Å²) in [6, 6.07) is 2.41. The van der Waals surface area contributed by atoms with Gasteiger partial charge in [-0.15, -0.1) is 0 Å². The average Bonchev–Trinajstić information content (AvgIpc) is 2.23. The highest BCUT2D eigenvalue weighted by atomic mass is 19.4. The summed E-state index contributed by atoms with van der Waals surface area (Å²) in [6.45, 7) is 6.64. The number of rotatable bonds is 4. The Hall–Kier alpha value is -1.14. The van der Waals surface area contributed by atoms with Gasteiger partial charge in [-0.25, -0.2) is 4.39 Å². The van der Waals surface area contributed by atoms with Crippen molar-refractivity contribution in [2.24, 2.45) is 0 Å². The fourth-order valence-corrected chi connectivity index (χ4v) is 1.46. The minimum Gasteiger partial charge on any atom is -0.389 e. The van der Waals surface area contributed by atoms with Crippen molar-refractivity contribution in [1.29, 1.82) is 0 Å². The second kappa shape index (κ2) is 5.33. The van der Waals surface area contributed by atoms with Crippen molar-refractivity contribution >= 4 is 0 Å². The van der Waals surface area contributed by atoms with Crippen molar-refractivity contribution in [3.05, 3.63) is 35.1 Å². The lowest BCUT2D eigenvalue weighted by atomic mass is 9.86. The topological polar surface area (TPSA) is 32.3 Å². The zero-order valence-electron chi connectivity index (χ0n) is 11.9. The van der Waals surface area contributed by atoms with Gasteiger partial charge < -0.3 is 10.4 Å².